The zero-order valence-electron chi connectivity index (χ0n) is 18.5. The van der Waals surface area contributed by atoms with Crippen LogP contribution in [0.3, 0.4) is 0 Å². The van der Waals surface area contributed by atoms with E-state index in [4.69, 9.17) is 21.4 Å². The van der Waals surface area contributed by atoms with Crippen LogP contribution in [-0.2, 0) is 9.53 Å². The molecule has 1 aliphatic heterocycles. The van der Waals surface area contributed by atoms with Crippen molar-refractivity contribution in [3.8, 4) is 11.3 Å². The number of pyridine rings is 1. The number of rotatable bonds is 8. The van der Waals surface area contributed by atoms with Gasteiger partial charge in [0, 0.05) is 18.3 Å². The quantitative estimate of drug-likeness (QED) is 0.313. The molecule has 2 atom stereocenters. The van der Waals surface area contributed by atoms with Crippen LogP contribution in [0.15, 0.2) is 59.1 Å². The molecule has 35 heavy (non-hydrogen) atoms. The lowest BCUT2D eigenvalue weighted by atomic mass is 10.0. The molecule has 180 valence electrons. The molecule has 0 bridgehead atoms. The second-order valence-electron chi connectivity index (χ2n) is 7.76. The molecule has 10 nitrogen and oxygen atoms in total. The zero-order valence-corrected chi connectivity index (χ0v) is 19.3. The van der Waals surface area contributed by atoms with Gasteiger partial charge in [0.25, 0.3) is 0 Å². The van der Waals surface area contributed by atoms with Gasteiger partial charge in [0.15, 0.2) is 5.11 Å². The average Bonchev–Trinajstić information content (AvgIpc) is 3.47. The van der Waals surface area contributed by atoms with Crippen LogP contribution in [0.4, 0.5) is 0 Å². The molecular weight excluding hydrogens is 474 g/mol. The maximum absolute atomic E-state index is 11.8. The number of carboxylic acids is 2. The van der Waals surface area contributed by atoms with Crippen molar-refractivity contribution < 1.29 is 33.8 Å². The number of furan rings is 1. The lowest BCUT2D eigenvalue weighted by molar-refractivity contribution is -0.140. The van der Waals surface area contributed by atoms with Crippen molar-refractivity contribution in [1.82, 2.24) is 15.2 Å². The Morgan fingerprint density at radius 3 is 2.43 bits per heavy atom. The Hall–Kier alpha value is -4.25. The number of carbonyl (C=O) groups is 3. The topological polar surface area (TPSA) is 142 Å². The van der Waals surface area contributed by atoms with Crippen LogP contribution in [0, 0.1) is 0 Å². The van der Waals surface area contributed by atoms with Crippen LogP contribution >= 0.6 is 12.2 Å². The molecule has 4 rings (SSSR count). The monoisotopic (exact) mass is 495 g/mol. The predicted octanol–water partition coefficient (Wildman–Crippen LogP) is 3.27. The summed E-state index contributed by atoms with van der Waals surface area (Å²) < 4.78 is 10.9. The molecule has 1 aliphatic rings. The number of carbonyl (C=O) groups excluding carboxylic acids is 1. The summed E-state index contributed by atoms with van der Waals surface area (Å²) in [6.07, 6.45) is 1.76. The van der Waals surface area contributed by atoms with Crippen LogP contribution < -0.4 is 5.32 Å². The van der Waals surface area contributed by atoms with Crippen LogP contribution in [0.1, 0.15) is 50.7 Å². The number of esters is 1. The van der Waals surface area contributed by atoms with Crippen molar-refractivity contribution in [2.45, 2.75) is 18.5 Å². The van der Waals surface area contributed by atoms with E-state index in [2.05, 4.69) is 10.3 Å². The second-order valence-corrected chi connectivity index (χ2v) is 8.14. The first-order valence-corrected chi connectivity index (χ1v) is 11.0. The Bertz CT molecular complexity index is 1260. The van der Waals surface area contributed by atoms with E-state index in [1.165, 1.54) is 19.2 Å². The van der Waals surface area contributed by atoms with Gasteiger partial charge in [-0.05, 0) is 54.7 Å². The highest BCUT2D eigenvalue weighted by atomic mass is 32.1. The molecule has 0 spiro atoms. The minimum Gasteiger partial charge on any atom is -0.478 e. The number of benzene rings is 1. The molecule has 0 unspecified atom stereocenters. The number of nitrogens with one attached hydrogen (secondary N) is 1. The van der Waals surface area contributed by atoms with Gasteiger partial charge in [0.2, 0.25) is 0 Å². The number of methoxy groups -OCH3 is 1. The summed E-state index contributed by atoms with van der Waals surface area (Å²) in [5.41, 5.74) is 0.664. The highest BCUT2D eigenvalue weighted by molar-refractivity contribution is 7.80. The third-order valence-electron chi connectivity index (χ3n) is 5.61. The van der Waals surface area contributed by atoms with Gasteiger partial charge in [0.1, 0.15) is 17.6 Å². The standard InChI is InChI=1S/C24H21N3O7S/c1-33-19(28)7-9-27-21(20(26-24(27)35)16-4-2-3-8-25-16)18-6-5-17(34-18)13-10-14(22(29)30)12-15(11-13)23(31)32/h2-6,8,10-12,20-21H,7,9H2,1H3,(H,26,35)(H,29,30)(H,31,32)/t20-,21+/m1/s1. The molecule has 11 heteroatoms. The van der Waals surface area contributed by atoms with Crippen molar-refractivity contribution in [2.24, 2.45) is 0 Å². The van der Waals surface area contributed by atoms with Crippen LogP contribution in [-0.4, -0.2) is 56.8 Å². The van der Waals surface area contributed by atoms with E-state index in [9.17, 15) is 24.6 Å². The second kappa shape index (κ2) is 9.94. The molecule has 0 saturated carbocycles. The van der Waals surface area contributed by atoms with Crippen LogP contribution in [0.2, 0.25) is 0 Å². The summed E-state index contributed by atoms with van der Waals surface area (Å²) in [4.78, 5) is 41.0. The van der Waals surface area contributed by atoms with E-state index < -0.39 is 18.0 Å². The molecule has 2 aromatic heterocycles. The van der Waals surface area contributed by atoms with Crippen LogP contribution in [0.5, 0.6) is 0 Å². The predicted molar refractivity (Wildman–Crippen MR) is 127 cm³/mol. The minimum absolute atomic E-state index is 0.0972. The molecule has 0 amide bonds. The van der Waals surface area contributed by atoms with Crippen molar-refractivity contribution in [2.75, 3.05) is 13.7 Å². The summed E-state index contributed by atoms with van der Waals surface area (Å²) in [5.74, 6) is -2.13. The van der Waals surface area contributed by atoms with Gasteiger partial charge in [-0.25, -0.2) is 9.59 Å². The maximum Gasteiger partial charge on any atom is 0.335 e. The number of hydrogen-bond acceptors (Lipinski definition) is 7. The first-order chi connectivity index (χ1) is 16.8. The zero-order chi connectivity index (χ0) is 25.1. The Morgan fingerprint density at radius 2 is 1.83 bits per heavy atom. The maximum atomic E-state index is 11.8. The van der Waals surface area contributed by atoms with Gasteiger partial charge in [-0.1, -0.05) is 6.07 Å². The van der Waals surface area contributed by atoms with Crippen molar-refractivity contribution in [3.05, 3.63) is 77.3 Å². The number of aromatic carboxylic acids is 2. The Labute approximate surface area is 205 Å². The molecule has 1 fully saturated rings. The molecule has 0 radical (unpaired) electrons. The van der Waals surface area contributed by atoms with Gasteiger partial charge in [-0.15, -0.1) is 0 Å². The fraction of sp³-hybridized carbons (Fsp3) is 0.208. The summed E-state index contributed by atoms with van der Waals surface area (Å²) >= 11 is 5.54. The number of nitrogens with zero attached hydrogens (tertiary/aromatic N) is 2. The van der Waals surface area contributed by atoms with Gasteiger partial charge in [-0.2, -0.15) is 0 Å². The van der Waals surface area contributed by atoms with E-state index in [-0.39, 0.29) is 41.9 Å². The number of aromatic nitrogens is 1. The fourth-order valence-electron chi connectivity index (χ4n) is 3.95. The molecule has 0 aliphatic carbocycles. The van der Waals surface area contributed by atoms with E-state index in [1.54, 1.807) is 24.4 Å². The fourth-order valence-corrected chi connectivity index (χ4v) is 4.28. The smallest absolute Gasteiger partial charge is 0.335 e. The lowest BCUT2D eigenvalue weighted by Crippen LogP contribution is -2.31. The first-order valence-electron chi connectivity index (χ1n) is 10.5. The molecule has 3 aromatic rings. The highest BCUT2D eigenvalue weighted by Crippen LogP contribution is 2.40. The number of carboxylic acid groups (broad SMARTS) is 2. The van der Waals surface area contributed by atoms with E-state index in [0.717, 1.165) is 6.07 Å². The number of ether oxygens (including phenoxy) is 1. The summed E-state index contributed by atoms with van der Waals surface area (Å²) in [6, 6.07) is 11.8. The Balaban J connectivity index is 1.74. The van der Waals surface area contributed by atoms with Crippen molar-refractivity contribution in [3.63, 3.8) is 0 Å². The van der Waals surface area contributed by atoms with E-state index in [0.29, 0.717) is 22.1 Å². The summed E-state index contributed by atoms with van der Waals surface area (Å²) in [6.45, 7) is 0.264. The molecular formula is C24H21N3O7S. The first kappa shape index (κ1) is 23.9. The lowest BCUT2D eigenvalue weighted by Gasteiger charge is -2.25. The van der Waals surface area contributed by atoms with Gasteiger partial charge in [0.05, 0.1) is 36.4 Å². The van der Waals surface area contributed by atoms with E-state index >= 15 is 0 Å². The molecule has 3 N–H and O–H groups in total. The third kappa shape index (κ3) is 4.99. The van der Waals surface area contributed by atoms with E-state index in [1.807, 2.05) is 17.0 Å². The van der Waals surface area contributed by atoms with Gasteiger partial charge < -0.3 is 29.6 Å². The Morgan fingerprint density at radius 1 is 1.11 bits per heavy atom. The Kier molecular flexibility index (Phi) is 6.78. The average molecular weight is 496 g/mol. The molecule has 1 saturated heterocycles. The molecule has 1 aromatic carbocycles. The normalized spacial score (nSPS) is 17.2. The van der Waals surface area contributed by atoms with Crippen LogP contribution in [0.25, 0.3) is 11.3 Å². The van der Waals surface area contributed by atoms with Gasteiger partial charge >= 0.3 is 17.9 Å². The van der Waals surface area contributed by atoms with Crippen molar-refractivity contribution in [1.29, 1.82) is 0 Å². The van der Waals surface area contributed by atoms with Gasteiger partial charge in [-0.3, -0.25) is 9.78 Å². The summed E-state index contributed by atoms with van der Waals surface area (Å²) in [5, 5.41) is 22.4. The molecule has 3 heterocycles. The number of thiocarbonyl (C=S) groups is 1. The highest BCUT2D eigenvalue weighted by Gasteiger charge is 2.41. The third-order valence-corrected chi connectivity index (χ3v) is 5.96. The number of hydrogen-bond donors (Lipinski definition) is 3. The largest absolute Gasteiger partial charge is 0.478 e. The SMILES string of the molecule is COC(=O)CCN1C(=S)N[C@H](c2ccccn2)[C@@H]1c1ccc(-c2cc(C(=O)O)cc(C(=O)O)c2)o1. The summed E-state index contributed by atoms with van der Waals surface area (Å²) in [7, 11) is 1.31. The minimum atomic E-state index is -1.25. The van der Waals surface area contributed by atoms with Crippen molar-refractivity contribution >= 4 is 35.2 Å².